The minimum absolute atomic E-state index is 0.342. The molecule has 0 unspecified atom stereocenters. The summed E-state index contributed by atoms with van der Waals surface area (Å²) in [7, 11) is 0. The molecule has 0 bridgehead atoms. The molecule has 4 nitrogen and oxygen atoms in total. The lowest BCUT2D eigenvalue weighted by Crippen LogP contribution is -2.16. The number of hydrogen-bond donors (Lipinski definition) is 0. The summed E-state index contributed by atoms with van der Waals surface area (Å²) in [5.41, 5.74) is 0.886. The maximum atomic E-state index is 14.2. The number of rotatable bonds is 5. The molecular weight excluding hydrogens is 339 g/mol. The van der Waals surface area contributed by atoms with Gasteiger partial charge in [-0.3, -0.25) is 4.79 Å². The highest BCUT2D eigenvalue weighted by Gasteiger charge is 2.11. The molecule has 1 amide bonds. The first kappa shape index (κ1) is 17.1. The number of nitrogens with zero attached hydrogens (tertiary/aromatic N) is 2. The van der Waals surface area contributed by atoms with E-state index < -0.39 is 0 Å². The van der Waals surface area contributed by atoms with Gasteiger partial charge in [-0.05, 0) is 43.3 Å². The third kappa shape index (κ3) is 3.53. The van der Waals surface area contributed by atoms with Gasteiger partial charge >= 0.3 is 0 Å². The molecule has 0 saturated carbocycles. The lowest BCUT2D eigenvalue weighted by Gasteiger charge is -2.03. The lowest BCUT2D eigenvalue weighted by atomic mass is 10.2. The third-order valence-corrected chi connectivity index (χ3v) is 4.62. The zero-order chi connectivity index (χ0) is 17.8. The molecule has 3 rings (SSSR count). The van der Waals surface area contributed by atoms with Crippen molar-refractivity contribution in [3.63, 3.8) is 0 Å². The number of para-hydroxylation sites is 1. The quantitative estimate of drug-likeness (QED) is 0.644. The van der Waals surface area contributed by atoms with Crippen LogP contribution in [-0.2, 0) is 6.54 Å². The van der Waals surface area contributed by atoms with Gasteiger partial charge in [0.15, 0.2) is 4.80 Å². The predicted octanol–water partition coefficient (Wildman–Crippen LogP) is 4.17. The van der Waals surface area contributed by atoms with Crippen molar-refractivity contribution < 1.29 is 13.9 Å². The highest BCUT2D eigenvalue weighted by Crippen LogP contribution is 2.20. The number of hydrogen-bond acceptors (Lipinski definition) is 3. The Morgan fingerprint density at radius 2 is 2.08 bits per heavy atom. The molecule has 0 aliphatic rings. The summed E-state index contributed by atoms with van der Waals surface area (Å²) in [6.45, 7) is 6.53. The summed E-state index contributed by atoms with van der Waals surface area (Å²) in [4.78, 5) is 17.1. The van der Waals surface area contributed by atoms with Crippen molar-refractivity contribution in [1.82, 2.24) is 4.57 Å². The fourth-order valence-electron chi connectivity index (χ4n) is 2.48. The van der Waals surface area contributed by atoms with Gasteiger partial charge in [0.2, 0.25) is 0 Å². The minimum Gasteiger partial charge on any atom is -0.494 e. The summed E-state index contributed by atoms with van der Waals surface area (Å²) in [5.74, 6) is -0.0249. The summed E-state index contributed by atoms with van der Waals surface area (Å²) in [5, 5.41) is 0. The Morgan fingerprint density at radius 1 is 1.32 bits per heavy atom. The van der Waals surface area contributed by atoms with Gasteiger partial charge in [0.05, 0.1) is 16.8 Å². The van der Waals surface area contributed by atoms with Crippen LogP contribution in [0.4, 0.5) is 4.39 Å². The van der Waals surface area contributed by atoms with Crippen LogP contribution in [0.3, 0.4) is 0 Å². The van der Waals surface area contributed by atoms with Gasteiger partial charge in [0, 0.05) is 12.1 Å². The molecule has 1 aromatic heterocycles. The van der Waals surface area contributed by atoms with E-state index in [4.69, 9.17) is 4.74 Å². The number of carbonyl (C=O) groups is 1. The Bertz CT molecular complexity index is 987. The first-order chi connectivity index (χ1) is 12.1. The average Bonchev–Trinajstić information content (AvgIpc) is 2.95. The van der Waals surface area contributed by atoms with E-state index in [9.17, 15) is 9.18 Å². The summed E-state index contributed by atoms with van der Waals surface area (Å²) in [6, 6.07) is 11.6. The Hall–Kier alpha value is -2.73. The largest absolute Gasteiger partial charge is 0.494 e. The fourth-order valence-corrected chi connectivity index (χ4v) is 3.53. The molecule has 0 radical (unpaired) electrons. The lowest BCUT2D eigenvalue weighted by molar-refractivity contribution is 0.0998. The molecule has 0 saturated heterocycles. The molecule has 128 valence electrons. The van der Waals surface area contributed by atoms with E-state index in [1.165, 1.54) is 17.4 Å². The molecular formula is C19H17FN2O2S. The van der Waals surface area contributed by atoms with E-state index in [1.54, 1.807) is 41.0 Å². The van der Waals surface area contributed by atoms with E-state index in [0.29, 0.717) is 34.8 Å². The third-order valence-electron chi connectivity index (χ3n) is 3.57. The number of aromatic nitrogens is 1. The number of carbonyl (C=O) groups excluding carboxylic acids is 1. The maximum absolute atomic E-state index is 14.2. The minimum atomic E-state index is -0.382. The Balaban J connectivity index is 2.05. The average molecular weight is 356 g/mol. The fraction of sp³-hybridized carbons (Fsp3) is 0.158. The Morgan fingerprint density at radius 3 is 2.76 bits per heavy atom. The highest BCUT2D eigenvalue weighted by molar-refractivity contribution is 7.16. The van der Waals surface area contributed by atoms with Gasteiger partial charge in [0.1, 0.15) is 11.6 Å². The SMILES string of the molecule is C=CCn1c(=NC(=O)c2ccc(OCC)cc2)sc2cccc(F)c21. The highest BCUT2D eigenvalue weighted by atomic mass is 32.1. The molecule has 0 fully saturated rings. The second kappa shape index (κ2) is 7.44. The van der Waals surface area contributed by atoms with Crippen LogP contribution in [0.5, 0.6) is 5.75 Å². The van der Waals surface area contributed by atoms with Crippen molar-refractivity contribution in [2.45, 2.75) is 13.5 Å². The first-order valence-electron chi connectivity index (χ1n) is 7.84. The van der Waals surface area contributed by atoms with Gasteiger partial charge in [-0.1, -0.05) is 23.5 Å². The number of amides is 1. The molecule has 2 aromatic carbocycles. The normalized spacial score (nSPS) is 11.7. The van der Waals surface area contributed by atoms with E-state index in [1.807, 2.05) is 13.0 Å². The molecule has 3 aromatic rings. The summed E-state index contributed by atoms with van der Waals surface area (Å²) >= 11 is 1.28. The number of benzene rings is 2. The molecule has 6 heteroatoms. The van der Waals surface area contributed by atoms with E-state index in [-0.39, 0.29) is 11.7 Å². The maximum Gasteiger partial charge on any atom is 0.279 e. The van der Waals surface area contributed by atoms with Crippen molar-refractivity contribution in [3.8, 4) is 5.75 Å². The monoisotopic (exact) mass is 356 g/mol. The van der Waals surface area contributed by atoms with Crippen LogP contribution >= 0.6 is 11.3 Å². The molecule has 0 spiro atoms. The zero-order valence-corrected chi connectivity index (χ0v) is 14.6. The molecule has 0 aliphatic carbocycles. The van der Waals surface area contributed by atoms with Gasteiger partial charge in [0.25, 0.3) is 5.91 Å². The van der Waals surface area contributed by atoms with Gasteiger partial charge in [-0.25, -0.2) is 4.39 Å². The van der Waals surface area contributed by atoms with Crippen molar-refractivity contribution >= 4 is 27.5 Å². The number of allylic oxidation sites excluding steroid dienone is 1. The van der Waals surface area contributed by atoms with E-state index in [2.05, 4.69) is 11.6 Å². The topological polar surface area (TPSA) is 43.6 Å². The number of thiazole rings is 1. The molecule has 25 heavy (non-hydrogen) atoms. The van der Waals surface area contributed by atoms with Gasteiger partial charge in [-0.15, -0.1) is 6.58 Å². The van der Waals surface area contributed by atoms with Crippen LogP contribution in [0.2, 0.25) is 0 Å². The molecule has 0 atom stereocenters. The van der Waals surface area contributed by atoms with Crippen LogP contribution in [0.25, 0.3) is 10.2 Å². The summed E-state index contributed by atoms with van der Waals surface area (Å²) < 4.78 is 21.9. The second-order valence-electron chi connectivity index (χ2n) is 5.24. The van der Waals surface area contributed by atoms with Crippen LogP contribution in [0.1, 0.15) is 17.3 Å². The second-order valence-corrected chi connectivity index (χ2v) is 6.25. The van der Waals surface area contributed by atoms with Crippen molar-refractivity contribution in [2.24, 2.45) is 4.99 Å². The van der Waals surface area contributed by atoms with Crippen LogP contribution in [-0.4, -0.2) is 17.1 Å². The first-order valence-corrected chi connectivity index (χ1v) is 8.66. The number of ether oxygens (including phenoxy) is 1. The summed E-state index contributed by atoms with van der Waals surface area (Å²) in [6.07, 6.45) is 1.65. The van der Waals surface area contributed by atoms with Crippen LogP contribution in [0, 0.1) is 5.82 Å². The van der Waals surface area contributed by atoms with Gasteiger partial charge in [-0.2, -0.15) is 4.99 Å². The van der Waals surface area contributed by atoms with Crippen molar-refractivity contribution in [3.05, 3.63) is 71.3 Å². The number of halogens is 1. The Kier molecular flexibility index (Phi) is 5.09. The standard InChI is InChI=1S/C19H17FN2O2S/c1-3-12-22-17-15(20)6-5-7-16(17)25-19(22)21-18(23)13-8-10-14(11-9-13)24-4-2/h3,5-11H,1,4,12H2,2H3. The Labute approximate surface area is 148 Å². The van der Waals surface area contributed by atoms with E-state index >= 15 is 0 Å². The number of fused-ring (bicyclic) bond motifs is 1. The van der Waals surface area contributed by atoms with Crippen molar-refractivity contribution in [1.29, 1.82) is 0 Å². The van der Waals surface area contributed by atoms with E-state index in [0.717, 1.165) is 4.70 Å². The molecule has 0 N–H and O–H groups in total. The predicted molar refractivity (Wildman–Crippen MR) is 97.5 cm³/mol. The van der Waals surface area contributed by atoms with Crippen molar-refractivity contribution in [2.75, 3.05) is 6.61 Å². The van der Waals surface area contributed by atoms with Gasteiger partial charge < -0.3 is 9.30 Å². The molecule has 1 heterocycles. The molecule has 0 aliphatic heterocycles. The smallest absolute Gasteiger partial charge is 0.279 e. The van der Waals surface area contributed by atoms with Crippen LogP contribution < -0.4 is 9.54 Å². The zero-order valence-electron chi connectivity index (χ0n) is 13.7. The van der Waals surface area contributed by atoms with Crippen LogP contribution in [0.15, 0.2) is 60.1 Å².